The van der Waals surface area contributed by atoms with Gasteiger partial charge in [-0.25, -0.2) is 4.98 Å². The molecule has 0 atom stereocenters. The van der Waals surface area contributed by atoms with Gasteiger partial charge in [-0.05, 0) is 35.8 Å². The molecule has 3 heterocycles. The van der Waals surface area contributed by atoms with Crippen molar-refractivity contribution >= 4 is 33.3 Å². The molecule has 0 unspecified atom stereocenters. The zero-order valence-corrected chi connectivity index (χ0v) is 15.4. The molecule has 1 aliphatic heterocycles. The molecular weight excluding hydrogens is 392 g/mol. The number of aromatic nitrogens is 1. The Bertz CT molecular complexity index is 810. The van der Waals surface area contributed by atoms with E-state index in [4.69, 9.17) is 4.42 Å². The van der Waals surface area contributed by atoms with Gasteiger partial charge in [-0.1, -0.05) is 0 Å². The number of anilines is 1. The fourth-order valence-corrected chi connectivity index (χ4v) is 3.40. The van der Waals surface area contributed by atoms with Crippen LogP contribution in [0.25, 0.3) is 0 Å². The predicted octanol–water partition coefficient (Wildman–Crippen LogP) is 2.92. The molecule has 1 aliphatic rings. The highest BCUT2D eigenvalue weighted by Gasteiger charge is 2.28. The van der Waals surface area contributed by atoms with Crippen LogP contribution in [0.15, 0.2) is 27.2 Å². The number of hydrogen-bond donors (Lipinski definition) is 0. The molecule has 25 heavy (non-hydrogen) atoms. The largest absolute Gasteiger partial charge is 0.465 e. The van der Waals surface area contributed by atoms with Gasteiger partial charge in [-0.3, -0.25) is 14.9 Å². The van der Waals surface area contributed by atoms with Gasteiger partial charge in [0.1, 0.15) is 23.5 Å². The molecule has 0 aromatic carbocycles. The monoisotopic (exact) mass is 408 g/mol. The summed E-state index contributed by atoms with van der Waals surface area (Å²) >= 11 is 3.42. The average Bonchev–Trinajstić information content (AvgIpc) is 2.87. The van der Waals surface area contributed by atoms with Gasteiger partial charge in [0.2, 0.25) is 0 Å². The number of carbonyl (C=O) groups is 1. The van der Waals surface area contributed by atoms with Crippen LogP contribution in [0, 0.1) is 24.0 Å². The van der Waals surface area contributed by atoms with Crippen molar-refractivity contribution < 1.29 is 14.1 Å². The molecule has 0 spiro atoms. The number of carbonyl (C=O) groups excluding carboxylic acids is 1. The molecule has 0 saturated carbocycles. The van der Waals surface area contributed by atoms with E-state index in [9.17, 15) is 14.9 Å². The molecule has 9 heteroatoms. The van der Waals surface area contributed by atoms with Crippen molar-refractivity contribution in [2.45, 2.75) is 13.8 Å². The Balaban J connectivity index is 1.67. The van der Waals surface area contributed by atoms with Crippen LogP contribution in [-0.2, 0) is 0 Å². The van der Waals surface area contributed by atoms with E-state index in [2.05, 4.69) is 20.9 Å². The van der Waals surface area contributed by atoms with Gasteiger partial charge in [0.15, 0.2) is 0 Å². The van der Waals surface area contributed by atoms with Crippen LogP contribution in [0.4, 0.5) is 11.5 Å². The summed E-state index contributed by atoms with van der Waals surface area (Å²) in [5.41, 5.74) is 0.535. The second-order valence-corrected chi connectivity index (χ2v) is 6.61. The highest BCUT2D eigenvalue weighted by atomic mass is 79.9. The summed E-state index contributed by atoms with van der Waals surface area (Å²) in [7, 11) is 0. The number of aryl methyl sites for hydroxylation is 2. The van der Waals surface area contributed by atoms with Gasteiger partial charge < -0.3 is 14.2 Å². The lowest BCUT2D eigenvalue weighted by molar-refractivity contribution is -0.385. The quantitative estimate of drug-likeness (QED) is 0.572. The predicted molar refractivity (Wildman–Crippen MR) is 94.9 cm³/mol. The fourth-order valence-electron chi connectivity index (χ4n) is 2.87. The molecule has 2 aromatic heterocycles. The second-order valence-electron chi connectivity index (χ2n) is 5.81. The SMILES string of the molecule is Cc1oc(C)c(C(=O)N2CCN(c3ccc([N+](=O)[O-])cn3)CC2)c1Br. The number of pyridine rings is 1. The van der Waals surface area contributed by atoms with Gasteiger partial charge in [0, 0.05) is 32.2 Å². The minimum atomic E-state index is -0.472. The summed E-state index contributed by atoms with van der Waals surface area (Å²) in [6.45, 7) is 5.92. The lowest BCUT2D eigenvalue weighted by Gasteiger charge is -2.35. The number of rotatable bonds is 3. The topological polar surface area (TPSA) is 92.7 Å². The van der Waals surface area contributed by atoms with Gasteiger partial charge in [0.05, 0.1) is 15.0 Å². The first kappa shape index (κ1) is 17.4. The fraction of sp³-hybridized carbons (Fsp3) is 0.375. The first-order chi connectivity index (χ1) is 11.9. The van der Waals surface area contributed by atoms with Gasteiger partial charge in [-0.15, -0.1) is 0 Å². The van der Waals surface area contributed by atoms with E-state index >= 15 is 0 Å². The zero-order chi connectivity index (χ0) is 18.1. The van der Waals surface area contributed by atoms with Crippen molar-refractivity contribution in [3.63, 3.8) is 0 Å². The Hall–Kier alpha value is -2.42. The third-order valence-electron chi connectivity index (χ3n) is 4.23. The number of nitro groups is 1. The van der Waals surface area contributed by atoms with Crippen LogP contribution >= 0.6 is 15.9 Å². The van der Waals surface area contributed by atoms with E-state index in [0.717, 1.165) is 0 Å². The van der Waals surface area contributed by atoms with Crippen molar-refractivity contribution in [2.75, 3.05) is 31.1 Å². The summed E-state index contributed by atoms with van der Waals surface area (Å²) in [4.78, 5) is 30.9. The Kier molecular flexibility index (Phi) is 4.76. The molecule has 8 nitrogen and oxygen atoms in total. The highest BCUT2D eigenvalue weighted by Crippen LogP contribution is 2.29. The van der Waals surface area contributed by atoms with Gasteiger partial charge >= 0.3 is 0 Å². The van der Waals surface area contributed by atoms with Crippen LogP contribution in [0.1, 0.15) is 21.9 Å². The minimum Gasteiger partial charge on any atom is -0.465 e. The van der Waals surface area contributed by atoms with Crippen LogP contribution in [0.5, 0.6) is 0 Å². The summed E-state index contributed by atoms with van der Waals surface area (Å²) < 4.78 is 6.21. The first-order valence-electron chi connectivity index (χ1n) is 7.78. The number of halogens is 1. The third kappa shape index (κ3) is 3.37. The van der Waals surface area contributed by atoms with Crippen molar-refractivity contribution in [1.82, 2.24) is 9.88 Å². The summed E-state index contributed by atoms with van der Waals surface area (Å²) in [6.07, 6.45) is 1.25. The minimum absolute atomic E-state index is 0.0341. The van der Waals surface area contributed by atoms with E-state index in [1.165, 1.54) is 12.3 Å². The Morgan fingerprint density at radius 3 is 2.40 bits per heavy atom. The van der Waals surface area contributed by atoms with Crippen molar-refractivity contribution in [2.24, 2.45) is 0 Å². The molecule has 0 N–H and O–H groups in total. The molecule has 0 aliphatic carbocycles. The standard InChI is InChI=1S/C16H17BrN4O4/c1-10-14(15(17)11(2)25-10)16(22)20-7-5-19(6-8-20)13-4-3-12(9-18-13)21(23)24/h3-4,9H,5-8H2,1-2H3. The molecule has 1 amide bonds. The van der Waals surface area contributed by atoms with Crippen LogP contribution in [0.3, 0.4) is 0 Å². The molecule has 2 aromatic rings. The molecule has 132 valence electrons. The van der Waals surface area contributed by atoms with Crippen molar-refractivity contribution in [1.29, 1.82) is 0 Å². The summed E-state index contributed by atoms with van der Waals surface area (Å²) in [5.74, 6) is 1.91. The number of amides is 1. The average molecular weight is 409 g/mol. The molecule has 0 radical (unpaired) electrons. The van der Waals surface area contributed by atoms with E-state index in [1.54, 1.807) is 17.9 Å². The van der Waals surface area contributed by atoms with Crippen LogP contribution in [-0.4, -0.2) is 46.9 Å². The molecule has 3 rings (SSSR count). The number of hydrogen-bond acceptors (Lipinski definition) is 6. The highest BCUT2D eigenvalue weighted by molar-refractivity contribution is 9.10. The number of furan rings is 1. The number of piperazine rings is 1. The zero-order valence-electron chi connectivity index (χ0n) is 13.9. The third-order valence-corrected chi connectivity index (χ3v) is 5.19. The number of nitrogens with zero attached hydrogens (tertiary/aromatic N) is 4. The lowest BCUT2D eigenvalue weighted by atomic mass is 10.2. The van der Waals surface area contributed by atoms with Crippen LogP contribution in [0.2, 0.25) is 0 Å². The first-order valence-corrected chi connectivity index (χ1v) is 8.58. The molecule has 1 fully saturated rings. The van der Waals surface area contributed by atoms with Crippen molar-refractivity contribution in [3.8, 4) is 0 Å². The van der Waals surface area contributed by atoms with E-state index in [-0.39, 0.29) is 11.6 Å². The molecule has 0 bridgehead atoms. The van der Waals surface area contributed by atoms with Crippen molar-refractivity contribution in [3.05, 3.63) is 50.0 Å². The Morgan fingerprint density at radius 1 is 1.24 bits per heavy atom. The second kappa shape index (κ2) is 6.83. The normalized spacial score (nSPS) is 14.7. The lowest BCUT2D eigenvalue weighted by Crippen LogP contribution is -2.49. The Labute approximate surface area is 152 Å². The summed E-state index contributed by atoms with van der Waals surface area (Å²) in [5, 5.41) is 10.7. The van der Waals surface area contributed by atoms with E-state index < -0.39 is 4.92 Å². The van der Waals surface area contributed by atoms with Crippen LogP contribution < -0.4 is 4.90 Å². The maximum atomic E-state index is 12.7. The smallest absolute Gasteiger partial charge is 0.287 e. The Morgan fingerprint density at radius 2 is 1.92 bits per heavy atom. The maximum absolute atomic E-state index is 12.7. The molecular formula is C16H17BrN4O4. The van der Waals surface area contributed by atoms with Gasteiger partial charge in [-0.2, -0.15) is 0 Å². The summed E-state index contributed by atoms with van der Waals surface area (Å²) in [6, 6.07) is 3.07. The maximum Gasteiger partial charge on any atom is 0.287 e. The molecule has 1 saturated heterocycles. The van der Waals surface area contributed by atoms with Gasteiger partial charge in [0.25, 0.3) is 11.6 Å². The van der Waals surface area contributed by atoms with E-state index in [0.29, 0.717) is 53.6 Å². The van der Waals surface area contributed by atoms with E-state index in [1.807, 2.05) is 11.8 Å².